The van der Waals surface area contributed by atoms with Crippen molar-refractivity contribution >= 4 is 17.3 Å². The summed E-state index contributed by atoms with van der Waals surface area (Å²) in [6.45, 7) is 3.89. The van der Waals surface area contributed by atoms with Gasteiger partial charge < -0.3 is 35.1 Å². The van der Waals surface area contributed by atoms with Crippen molar-refractivity contribution in [1.82, 2.24) is 5.32 Å². The summed E-state index contributed by atoms with van der Waals surface area (Å²) in [4.78, 5) is 16.9. The van der Waals surface area contributed by atoms with Crippen molar-refractivity contribution < 1.29 is 19.0 Å². The number of carbonyl (C=O) groups is 1. The maximum absolute atomic E-state index is 12.7. The van der Waals surface area contributed by atoms with Gasteiger partial charge in [0.15, 0.2) is 0 Å². The zero-order valence-electron chi connectivity index (χ0n) is 24.3. The molecule has 0 heterocycles. The van der Waals surface area contributed by atoms with Gasteiger partial charge in [-0.1, -0.05) is 36.4 Å². The molecule has 0 atom stereocenters. The van der Waals surface area contributed by atoms with Crippen molar-refractivity contribution in [3.63, 3.8) is 0 Å². The smallest absolute Gasteiger partial charge is 0.251 e. The fourth-order valence-electron chi connectivity index (χ4n) is 4.30. The predicted molar refractivity (Wildman–Crippen MR) is 163 cm³/mol. The van der Waals surface area contributed by atoms with Gasteiger partial charge >= 0.3 is 0 Å². The van der Waals surface area contributed by atoms with Crippen molar-refractivity contribution in [3.8, 4) is 0 Å². The SMILES string of the molecule is CN(C)c1ccc(C(c2ccc(C(=O)NCCOCCOCCOCCN)cc2)c2ccc(N(C)C)cc2)cc1. The van der Waals surface area contributed by atoms with Crippen molar-refractivity contribution in [2.24, 2.45) is 5.73 Å². The monoisotopic (exact) mass is 548 g/mol. The van der Waals surface area contributed by atoms with E-state index in [0.717, 1.165) is 16.9 Å². The average molecular weight is 549 g/mol. The second-order valence-corrected chi connectivity index (χ2v) is 9.91. The van der Waals surface area contributed by atoms with Gasteiger partial charge in [-0.2, -0.15) is 0 Å². The summed E-state index contributed by atoms with van der Waals surface area (Å²) in [7, 11) is 8.17. The summed E-state index contributed by atoms with van der Waals surface area (Å²) in [5.74, 6) is -0.0712. The summed E-state index contributed by atoms with van der Waals surface area (Å²) in [5, 5.41) is 2.92. The van der Waals surface area contributed by atoms with E-state index in [4.69, 9.17) is 19.9 Å². The Labute approximate surface area is 239 Å². The number of rotatable bonds is 17. The molecule has 40 heavy (non-hydrogen) atoms. The highest BCUT2D eigenvalue weighted by molar-refractivity contribution is 5.94. The quantitative estimate of drug-likeness (QED) is 0.196. The number of nitrogens with one attached hydrogen (secondary N) is 1. The Bertz CT molecular complexity index is 1080. The standard InChI is InChI=1S/C32H44N4O4/c1-35(2)29-13-9-26(10-14-29)31(27-11-15-30(16-12-27)36(3)4)25-5-7-28(8-6-25)32(37)34-18-20-39-22-24-40-23-21-38-19-17-33/h5-16,31H,17-24,33H2,1-4H3,(H,34,37). The second-order valence-electron chi connectivity index (χ2n) is 9.91. The molecule has 3 aromatic carbocycles. The van der Waals surface area contributed by atoms with Crippen LogP contribution in [0.5, 0.6) is 0 Å². The molecule has 1 amide bonds. The number of hydrogen-bond donors (Lipinski definition) is 2. The molecule has 8 heteroatoms. The molecule has 0 bridgehead atoms. The molecule has 0 aromatic heterocycles. The maximum Gasteiger partial charge on any atom is 0.251 e. The summed E-state index contributed by atoms with van der Waals surface area (Å²) in [6.07, 6.45) is 0. The van der Waals surface area contributed by atoms with Gasteiger partial charge in [-0.3, -0.25) is 4.79 Å². The Balaban J connectivity index is 1.58. The molecular formula is C32H44N4O4. The van der Waals surface area contributed by atoms with Crippen LogP contribution in [0.15, 0.2) is 72.8 Å². The molecule has 0 saturated heterocycles. The molecule has 0 aliphatic heterocycles. The lowest BCUT2D eigenvalue weighted by molar-refractivity contribution is 0.0166. The minimum Gasteiger partial charge on any atom is -0.378 e. The topological polar surface area (TPSA) is 89.3 Å². The van der Waals surface area contributed by atoms with Gasteiger partial charge in [-0.05, 0) is 53.1 Å². The summed E-state index contributed by atoms with van der Waals surface area (Å²) in [5.41, 5.74) is 11.8. The van der Waals surface area contributed by atoms with E-state index in [1.807, 2.05) is 52.5 Å². The third kappa shape index (κ3) is 9.64. The first-order valence-electron chi connectivity index (χ1n) is 13.8. The third-order valence-electron chi connectivity index (χ3n) is 6.53. The largest absolute Gasteiger partial charge is 0.378 e. The van der Waals surface area contributed by atoms with Crippen molar-refractivity contribution in [3.05, 3.63) is 95.1 Å². The molecule has 216 valence electrons. The zero-order valence-corrected chi connectivity index (χ0v) is 24.3. The molecule has 0 fully saturated rings. The van der Waals surface area contributed by atoms with E-state index >= 15 is 0 Å². The number of nitrogens with two attached hydrogens (primary N) is 1. The van der Waals surface area contributed by atoms with Gasteiger partial charge in [0.25, 0.3) is 5.91 Å². The Morgan fingerprint density at radius 1 is 0.650 bits per heavy atom. The zero-order chi connectivity index (χ0) is 28.7. The van der Waals surface area contributed by atoms with Crippen molar-refractivity contribution in [2.45, 2.75) is 5.92 Å². The van der Waals surface area contributed by atoms with E-state index < -0.39 is 0 Å². The van der Waals surface area contributed by atoms with E-state index in [9.17, 15) is 4.79 Å². The van der Waals surface area contributed by atoms with Gasteiger partial charge in [0.1, 0.15) is 0 Å². The Morgan fingerprint density at radius 3 is 1.48 bits per heavy atom. The summed E-state index contributed by atoms with van der Waals surface area (Å²) in [6, 6.07) is 25.2. The van der Waals surface area contributed by atoms with Crippen LogP contribution in [0.4, 0.5) is 11.4 Å². The van der Waals surface area contributed by atoms with Crippen LogP contribution in [0, 0.1) is 0 Å². The van der Waals surface area contributed by atoms with Crippen molar-refractivity contribution in [2.75, 3.05) is 90.7 Å². The number of benzene rings is 3. The van der Waals surface area contributed by atoms with Crippen LogP contribution in [0.2, 0.25) is 0 Å². The van der Waals surface area contributed by atoms with E-state index in [0.29, 0.717) is 58.3 Å². The van der Waals surface area contributed by atoms with Gasteiger partial charge in [0.2, 0.25) is 0 Å². The van der Waals surface area contributed by atoms with Crippen molar-refractivity contribution in [1.29, 1.82) is 0 Å². The fourth-order valence-corrected chi connectivity index (χ4v) is 4.30. The second kappa shape index (κ2) is 16.6. The minimum atomic E-state index is -0.120. The minimum absolute atomic E-state index is 0.0485. The van der Waals surface area contributed by atoms with Crippen LogP contribution in [0.25, 0.3) is 0 Å². The molecular weight excluding hydrogens is 504 g/mol. The van der Waals surface area contributed by atoms with Gasteiger partial charge in [0, 0.05) is 64.1 Å². The lowest BCUT2D eigenvalue weighted by Gasteiger charge is -2.22. The number of anilines is 2. The van der Waals surface area contributed by atoms with Crippen LogP contribution in [-0.4, -0.2) is 86.8 Å². The first kappa shape index (κ1) is 31.1. The molecule has 3 aromatic rings. The lowest BCUT2D eigenvalue weighted by atomic mass is 9.84. The highest BCUT2D eigenvalue weighted by Crippen LogP contribution is 2.34. The molecule has 8 nitrogen and oxygen atoms in total. The van der Waals surface area contributed by atoms with Crippen LogP contribution in [0.1, 0.15) is 33.0 Å². The third-order valence-corrected chi connectivity index (χ3v) is 6.53. The number of carbonyl (C=O) groups excluding carboxylic acids is 1. The van der Waals surface area contributed by atoms with Crippen LogP contribution in [-0.2, 0) is 14.2 Å². The average Bonchev–Trinajstić information content (AvgIpc) is 2.97. The number of nitrogens with zero attached hydrogens (tertiary/aromatic N) is 2. The predicted octanol–water partition coefficient (Wildman–Crippen LogP) is 3.74. The molecule has 0 aliphatic rings. The van der Waals surface area contributed by atoms with Gasteiger partial charge in [-0.15, -0.1) is 0 Å². The van der Waals surface area contributed by atoms with Crippen LogP contribution < -0.4 is 20.9 Å². The maximum atomic E-state index is 12.7. The van der Waals surface area contributed by atoms with E-state index in [-0.39, 0.29) is 11.8 Å². The Hall–Kier alpha value is -3.43. The molecule has 0 aliphatic carbocycles. The normalized spacial score (nSPS) is 11.1. The summed E-state index contributed by atoms with van der Waals surface area (Å²) < 4.78 is 16.2. The highest BCUT2D eigenvalue weighted by atomic mass is 16.5. The fraction of sp³-hybridized carbons (Fsp3) is 0.406. The molecule has 0 radical (unpaired) electrons. The Kier molecular flexibility index (Phi) is 12.9. The number of ether oxygens (including phenoxy) is 3. The van der Waals surface area contributed by atoms with Crippen LogP contribution in [0.3, 0.4) is 0 Å². The summed E-state index contributed by atoms with van der Waals surface area (Å²) >= 11 is 0. The molecule has 0 unspecified atom stereocenters. The Morgan fingerprint density at radius 2 is 1.05 bits per heavy atom. The van der Waals surface area contributed by atoms with Gasteiger partial charge in [0.05, 0.1) is 39.6 Å². The number of amides is 1. The van der Waals surface area contributed by atoms with Gasteiger partial charge in [-0.25, -0.2) is 0 Å². The van der Waals surface area contributed by atoms with E-state index in [1.165, 1.54) is 11.1 Å². The number of hydrogen-bond acceptors (Lipinski definition) is 7. The van der Waals surface area contributed by atoms with E-state index in [1.54, 1.807) is 0 Å². The lowest BCUT2D eigenvalue weighted by Crippen LogP contribution is -2.27. The highest BCUT2D eigenvalue weighted by Gasteiger charge is 2.18. The molecule has 3 rings (SSSR count). The van der Waals surface area contributed by atoms with E-state index in [2.05, 4.69) is 63.6 Å². The first-order chi connectivity index (χ1) is 19.4. The molecule has 0 saturated carbocycles. The molecule has 0 spiro atoms. The first-order valence-corrected chi connectivity index (χ1v) is 13.8. The molecule has 3 N–H and O–H groups in total. The van der Waals surface area contributed by atoms with Crippen LogP contribution >= 0.6 is 0 Å².